The number of nitrogens with zero attached hydrogens (tertiary/aromatic N) is 6. The van der Waals surface area contributed by atoms with E-state index in [4.69, 9.17) is 9.90 Å². The molecule has 5 aromatic rings. The van der Waals surface area contributed by atoms with Crippen molar-refractivity contribution in [1.29, 1.82) is 5.26 Å². The molecule has 10 nitrogen and oxygen atoms in total. The molecule has 12 heteroatoms. The number of aryl methyl sites for hydroxylation is 1. The molecule has 36 heavy (non-hydrogen) atoms. The monoisotopic (exact) mass is 518 g/mol. The zero-order valence-corrected chi connectivity index (χ0v) is 20.7. The van der Waals surface area contributed by atoms with Crippen LogP contribution in [0.2, 0.25) is 0 Å². The molecule has 0 fully saturated rings. The van der Waals surface area contributed by atoms with Crippen LogP contribution in [0.4, 0.5) is 0 Å². The van der Waals surface area contributed by atoms with Gasteiger partial charge < -0.3 is 5.11 Å². The van der Waals surface area contributed by atoms with Crippen LogP contribution < -0.4 is 11.1 Å². The highest BCUT2D eigenvalue weighted by Gasteiger charge is 2.19. The van der Waals surface area contributed by atoms with Crippen molar-refractivity contribution < 1.29 is 9.90 Å². The Morgan fingerprint density at radius 1 is 1.11 bits per heavy atom. The number of thioether (sulfide) groups is 1. The molecule has 1 N–H and O–H groups in total. The molecule has 4 aromatic heterocycles. The predicted molar refractivity (Wildman–Crippen MR) is 137 cm³/mol. The molecule has 0 aliphatic rings. The Balaban J connectivity index is 0.000000709. The third kappa shape index (κ3) is 5.02. The number of rotatable bonds is 4. The van der Waals surface area contributed by atoms with Crippen molar-refractivity contribution in [3.63, 3.8) is 0 Å². The lowest BCUT2D eigenvalue weighted by Gasteiger charge is -2.09. The lowest BCUT2D eigenvalue weighted by Crippen LogP contribution is -2.26. The Kier molecular flexibility index (Phi) is 7.23. The van der Waals surface area contributed by atoms with E-state index in [-0.39, 0.29) is 27.3 Å². The highest BCUT2D eigenvalue weighted by molar-refractivity contribution is 8.00. The summed E-state index contributed by atoms with van der Waals surface area (Å²) < 4.78 is 3.29. The van der Waals surface area contributed by atoms with Crippen LogP contribution in [-0.4, -0.2) is 35.2 Å². The first kappa shape index (κ1) is 24.8. The molecule has 4 heterocycles. The molecular formula is C24H18N6O4S2. The molecule has 0 aliphatic carbocycles. The van der Waals surface area contributed by atoms with E-state index in [9.17, 15) is 14.9 Å². The number of aromatic nitrogens is 5. The Hall–Kier alpha value is -4.34. The molecule has 0 amide bonds. The molecule has 0 saturated heterocycles. The first-order valence-corrected chi connectivity index (χ1v) is 12.3. The van der Waals surface area contributed by atoms with Crippen LogP contribution >= 0.6 is 23.1 Å². The van der Waals surface area contributed by atoms with Gasteiger partial charge in [-0.15, -0.1) is 10.2 Å². The topological polar surface area (TPSA) is 143 Å². The van der Waals surface area contributed by atoms with Crippen molar-refractivity contribution in [3.05, 3.63) is 92.1 Å². The molecule has 180 valence electrons. The highest BCUT2D eigenvalue weighted by atomic mass is 32.2. The molecule has 0 radical (unpaired) electrons. The van der Waals surface area contributed by atoms with Crippen LogP contribution in [0.5, 0.6) is 0 Å². The first-order chi connectivity index (χ1) is 17.3. The van der Waals surface area contributed by atoms with Gasteiger partial charge >= 0.3 is 0 Å². The van der Waals surface area contributed by atoms with E-state index in [0.29, 0.717) is 15.7 Å². The van der Waals surface area contributed by atoms with Gasteiger partial charge in [-0.2, -0.15) is 5.26 Å². The average molecular weight is 519 g/mol. The first-order valence-electron chi connectivity index (χ1n) is 10.5. The van der Waals surface area contributed by atoms with Gasteiger partial charge in [0.15, 0.2) is 9.99 Å². The Morgan fingerprint density at radius 2 is 1.83 bits per heavy atom. The van der Waals surface area contributed by atoms with Crippen molar-refractivity contribution in [2.75, 3.05) is 0 Å². The van der Waals surface area contributed by atoms with Crippen LogP contribution in [0, 0.1) is 18.3 Å². The largest absolute Gasteiger partial charge is 0.481 e. The summed E-state index contributed by atoms with van der Waals surface area (Å²) in [7, 11) is 0. The van der Waals surface area contributed by atoms with E-state index in [1.165, 1.54) is 38.1 Å². The normalized spacial score (nSPS) is 10.6. The second-order valence-electron chi connectivity index (χ2n) is 7.49. The number of fused-ring (bicyclic) bond motifs is 2. The van der Waals surface area contributed by atoms with E-state index in [1.54, 1.807) is 12.3 Å². The number of benzene rings is 1. The van der Waals surface area contributed by atoms with Crippen molar-refractivity contribution in [3.8, 4) is 11.2 Å². The summed E-state index contributed by atoms with van der Waals surface area (Å²) in [6.07, 6.45) is 1.61. The minimum atomic E-state index is -0.833. The fourth-order valence-electron chi connectivity index (χ4n) is 3.35. The van der Waals surface area contributed by atoms with E-state index < -0.39 is 11.5 Å². The van der Waals surface area contributed by atoms with E-state index in [1.807, 2.05) is 49.4 Å². The molecule has 0 bridgehead atoms. The smallest absolute Gasteiger partial charge is 0.300 e. The maximum absolute atomic E-state index is 13.1. The number of pyridine rings is 2. The summed E-state index contributed by atoms with van der Waals surface area (Å²) in [6, 6.07) is 16.7. The van der Waals surface area contributed by atoms with Gasteiger partial charge in [0, 0.05) is 18.9 Å². The maximum atomic E-state index is 13.1. The fraction of sp³-hybridized carbons (Fsp3) is 0.125. The van der Waals surface area contributed by atoms with Gasteiger partial charge in [0.05, 0.1) is 5.39 Å². The minimum absolute atomic E-state index is 0.155. The third-order valence-electron chi connectivity index (χ3n) is 4.91. The van der Waals surface area contributed by atoms with Crippen LogP contribution in [0.3, 0.4) is 0 Å². The second-order valence-corrected chi connectivity index (χ2v) is 9.67. The number of carboxylic acids is 1. The van der Waals surface area contributed by atoms with Crippen LogP contribution in [0.1, 0.15) is 23.6 Å². The number of carboxylic acid groups (broad SMARTS) is 1. The quantitative estimate of drug-likeness (QED) is 0.279. The number of hydrogen-bond acceptors (Lipinski definition) is 9. The van der Waals surface area contributed by atoms with Crippen LogP contribution in [-0.2, 0) is 10.5 Å². The lowest BCUT2D eigenvalue weighted by molar-refractivity contribution is -0.134. The van der Waals surface area contributed by atoms with Gasteiger partial charge in [-0.05, 0) is 30.2 Å². The number of hydrogen-bond donors (Lipinski definition) is 1. The lowest BCUT2D eigenvalue weighted by atomic mass is 10.2. The molecule has 0 spiro atoms. The third-order valence-corrected chi connectivity index (χ3v) is 7.02. The summed E-state index contributed by atoms with van der Waals surface area (Å²) >= 11 is 2.71. The molecule has 0 atom stereocenters. The summed E-state index contributed by atoms with van der Waals surface area (Å²) in [5.74, 6) is -0.132. The van der Waals surface area contributed by atoms with E-state index >= 15 is 0 Å². The average Bonchev–Trinajstić information content (AvgIpc) is 3.32. The molecular weight excluding hydrogens is 500 g/mol. The molecule has 0 saturated carbocycles. The zero-order chi connectivity index (χ0) is 25.8. The van der Waals surface area contributed by atoms with Crippen molar-refractivity contribution in [2.24, 2.45) is 0 Å². The fourth-order valence-corrected chi connectivity index (χ4v) is 5.15. The Bertz CT molecular complexity index is 1750. The van der Waals surface area contributed by atoms with Gasteiger partial charge in [0.1, 0.15) is 17.3 Å². The minimum Gasteiger partial charge on any atom is -0.481 e. The SMILES string of the molecule is CC(=O)O.Cc1cccn2c(=O)c3cc(C#N)c(=O)n(-c4nnc(SCc5ccccc5)s4)c3nc12. The Labute approximate surface area is 212 Å². The number of aliphatic carboxylic acids is 1. The van der Waals surface area contributed by atoms with Gasteiger partial charge in [-0.3, -0.25) is 18.8 Å². The van der Waals surface area contributed by atoms with Gasteiger partial charge in [0.2, 0.25) is 5.13 Å². The predicted octanol–water partition coefficient (Wildman–Crippen LogP) is 3.41. The molecule has 0 unspecified atom stereocenters. The van der Waals surface area contributed by atoms with E-state index in [2.05, 4.69) is 15.2 Å². The summed E-state index contributed by atoms with van der Waals surface area (Å²) in [6.45, 7) is 2.92. The second kappa shape index (κ2) is 10.5. The summed E-state index contributed by atoms with van der Waals surface area (Å²) in [4.78, 5) is 39.8. The molecule has 1 aromatic carbocycles. The summed E-state index contributed by atoms with van der Waals surface area (Å²) in [5, 5.41) is 25.7. The van der Waals surface area contributed by atoms with Gasteiger partial charge in [0.25, 0.3) is 17.1 Å². The van der Waals surface area contributed by atoms with Gasteiger partial charge in [-0.25, -0.2) is 9.55 Å². The van der Waals surface area contributed by atoms with Crippen molar-refractivity contribution >= 4 is 45.7 Å². The highest BCUT2D eigenvalue weighted by Crippen LogP contribution is 2.28. The maximum Gasteiger partial charge on any atom is 0.300 e. The molecule has 5 rings (SSSR count). The van der Waals surface area contributed by atoms with Gasteiger partial charge in [-0.1, -0.05) is 59.5 Å². The van der Waals surface area contributed by atoms with E-state index in [0.717, 1.165) is 18.1 Å². The zero-order valence-electron chi connectivity index (χ0n) is 19.1. The number of carbonyl (C=O) groups is 1. The number of nitriles is 1. The van der Waals surface area contributed by atoms with Crippen molar-refractivity contribution in [1.82, 2.24) is 24.1 Å². The standard InChI is InChI=1S/C22H14N6O2S2.C2H4O2/c1-13-6-5-9-27-17(13)24-18-16(20(27)30)10-15(11-23)19(29)28(18)21-25-26-22(32-21)31-12-14-7-3-2-4-8-14;1-2(3)4/h2-10H,12H2,1H3;1H3,(H,3,4). The van der Waals surface area contributed by atoms with Crippen molar-refractivity contribution in [2.45, 2.75) is 23.9 Å². The Morgan fingerprint density at radius 3 is 2.53 bits per heavy atom. The molecule has 0 aliphatic heterocycles. The van der Waals surface area contributed by atoms with Crippen LogP contribution in [0.15, 0.2) is 68.7 Å². The summed E-state index contributed by atoms with van der Waals surface area (Å²) in [5.41, 5.74) is 1.42. The van der Waals surface area contributed by atoms with Crippen LogP contribution in [0.25, 0.3) is 21.8 Å².